The molecule has 2 heterocycles. The average molecular weight is 415 g/mol. The van der Waals surface area contributed by atoms with Gasteiger partial charge in [-0.15, -0.1) is 0 Å². The lowest BCUT2D eigenvalue weighted by atomic mass is 9.92. The molecule has 2 aromatic carbocycles. The Hall–Kier alpha value is -2.71. The molecule has 1 aliphatic rings. The first-order valence-electron chi connectivity index (χ1n) is 9.28. The molecule has 0 spiro atoms. The Morgan fingerprint density at radius 3 is 2.45 bits per heavy atom. The number of sulfonamides is 1. The number of hydrogen-bond donors (Lipinski definition) is 0. The van der Waals surface area contributed by atoms with Crippen LogP contribution in [-0.2, 0) is 10.0 Å². The van der Waals surface area contributed by atoms with Gasteiger partial charge in [0.2, 0.25) is 10.0 Å². The van der Waals surface area contributed by atoms with Gasteiger partial charge in [-0.25, -0.2) is 17.2 Å². The van der Waals surface area contributed by atoms with E-state index in [9.17, 15) is 17.2 Å². The van der Waals surface area contributed by atoms with Crippen LogP contribution in [0.1, 0.15) is 24.5 Å². The standard InChI is InChI=1S/C21H19F2N3O2S/c22-16-7-9-17(10-8-16)29(27,28)26-13-3-4-15(14-26)20-21(25-12-11-24-20)18-5-1-2-6-19(18)23/h1-2,5-12,15H,3-4,13-14H2/t15-/m0/s1. The highest BCUT2D eigenvalue weighted by molar-refractivity contribution is 7.89. The third kappa shape index (κ3) is 3.90. The number of aromatic nitrogens is 2. The second-order valence-corrected chi connectivity index (χ2v) is 8.86. The molecule has 29 heavy (non-hydrogen) atoms. The molecular weight excluding hydrogens is 396 g/mol. The van der Waals surface area contributed by atoms with E-state index in [1.54, 1.807) is 18.2 Å². The quantitative estimate of drug-likeness (QED) is 0.646. The summed E-state index contributed by atoms with van der Waals surface area (Å²) in [6, 6.07) is 11.1. The summed E-state index contributed by atoms with van der Waals surface area (Å²) in [6.45, 7) is 0.575. The Balaban J connectivity index is 1.66. The van der Waals surface area contributed by atoms with Gasteiger partial charge in [-0.05, 0) is 49.2 Å². The van der Waals surface area contributed by atoms with Crippen LogP contribution in [0.25, 0.3) is 11.3 Å². The first-order valence-corrected chi connectivity index (χ1v) is 10.7. The molecule has 1 saturated heterocycles. The molecule has 0 saturated carbocycles. The maximum absolute atomic E-state index is 14.3. The van der Waals surface area contributed by atoms with E-state index in [-0.39, 0.29) is 17.4 Å². The molecule has 8 heteroatoms. The molecule has 0 amide bonds. The smallest absolute Gasteiger partial charge is 0.243 e. The fourth-order valence-corrected chi connectivity index (χ4v) is 5.17. The van der Waals surface area contributed by atoms with Gasteiger partial charge in [-0.2, -0.15) is 4.31 Å². The van der Waals surface area contributed by atoms with Gasteiger partial charge in [0.15, 0.2) is 0 Å². The maximum Gasteiger partial charge on any atom is 0.243 e. The van der Waals surface area contributed by atoms with Crippen LogP contribution in [0.15, 0.2) is 65.8 Å². The van der Waals surface area contributed by atoms with Gasteiger partial charge in [0.25, 0.3) is 0 Å². The normalized spacial score (nSPS) is 17.9. The van der Waals surface area contributed by atoms with Crippen molar-refractivity contribution < 1.29 is 17.2 Å². The zero-order chi connectivity index (χ0) is 20.4. The molecule has 1 fully saturated rings. The van der Waals surface area contributed by atoms with Gasteiger partial charge in [0, 0.05) is 37.0 Å². The van der Waals surface area contributed by atoms with E-state index >= 15 is 0 Å². The number of rotatable bonds is 4. The lowest BCUT2D eigenvalue weighted by molar-refractivity contribution is 0.312. The number of nitrogens with zero attached hydrogens (tertiary/aromatic N) is 3. The predicted molar refractivity (Wildman–Crippen MR) is 105 cm³/mol. The first-order chi connectivity index (χ1) is 14.0. The van der Waals surface area contributed by atoms with Crippen molar-refractivity contribution in [1.29, 1.82) is 0 Å². The maximum atomic E-state index is 14.3. The minimum Gasteiger partial charge on any atom is -0.257 e. The van der Waals surface area contributed by atoms with Crippen molar-refractivity contribution in [2.45, 2.75) is 23.7 Å². The summed E-state index contributed by atoms with van der Waals surface area (Å²) in [6.07, 6.45) is 4.39. The van der Waals surface area contributed by atoms with Crippen LogP contribution >= 0.6 is 0 Å². The summed E-state index contributed by atoms with van der Waals surface area (Å²) < 4.78 is 54.9. The van der Waals surface area contributed by atoms with Crippen LogP contribution in [0, 0.1) is 11.6 Å². The third-order valence-corrected chi connectivity index (χ3v) is 6.96. The van der Waals surface area contributed by atoms with E-state index in [2.05, 4.69) is 9.97 Å². The van der Waals surface area contributed by atoms with Crippen molar-refractivity contribution in [3.8, 4) is 11.3 Å². The van der Waals surface area contributed by atoms with Crippen molar-refractivity contribution in [2.24, 2.45) is 0 Å². The minimum atomic E-state index is -3.76. The summed E-state index contributed by atoms with van der Waals surface area (Å²) in [5, 5.41) is 0. The van der Waals surface area contributed by atoms with Crippen molar-refractivity contribution in [3.63, 3.8) is 0 Å². The number of hydrogen-bond acceptors (Lipinski definition) is 4. The van der Waals surface area contributed by atoms with Crippen LogP contribution in [0.5, 0.6) is 0 Å². The Morgan fingerprint density at radius 1 is 0.966 bits per heavy atom. The number of halogens is 2. The fraction of sp³-hybridized carbons (Fsp3) is 0.238. The first kappa shape index (κ1) is 19.6. The number of piperidine rings is 1. The van der Waals surface area contributed by atoms with E-state index in [1.807, 2.05) is 0 Å². The Labute approximate surface area is 168 Å². The monoisotopic (exact) mass is 415 g/mol. The van der Waals surface area contributed by atoms with Crippen LogP contribution < -0.4 is 0 Å². The third-order valence-electron chi connectivity index (χ3n) is 5.08. The van der Waals surface area contributed by atoms with Crippen LogP contribution in [0.4, 0.5) is 8.78 Å². The second-order valence-electron chi connectivity index (χ2n) is 6.93. The lowest BCUT2D eigenvalue weighted by Gasteiger charge is -2.32. The minimum absolute atomic E-state index is 0.0491. The van der Waals surface area contributed by atoms with Crippen LogP contribution in [0.2, 0.25) is 0 Å². The molecule has 4 rings (SSSR count). The topological polar surface area (TPSA) is 63.2 Å². The molecule has 0 radical (unpaired) electrons. The van der Waals surface area contributed by atoms with Gasteiger partial charge < -0.3 is 0 Å². The van der Waals surface area contributed by atoms with Gasteiger partial charge in [0.05, 0.1) is 16.3 Å². The molecule has 1 aliphatic heterocycles. The highest BCUT2D eigenvalue weighted by atomic mass is 32.2. The summed E-state index contributed by atoms with van der Waals surface area (Å²) in [5.74, 6) is -1.11. The largest absolute Gasteiger partial charge is 0.257 e. The Kier molecular flexibility index (Phi) is 5.38. The van der Waals surface area contributed by atoms with E-state index < -0.39 is 21.7 Å². The van der Waals surface area contributed by atoms with Gasteiger partial charge in [-0.1, -0.05) is 12.1 Å². The molecule has 1 atom stereocenters. The Morgan fingerprint density at radius 2 is 1.69 bits per heavy atom. The highest BCUT2D eigenvalue weighted by Gasteiger charge is 2.33. The zero-order valence-electron chi connectivity index (χ0n) is 15.5. The van der Waals surface area contributed by atoms with E-state index in [1.165, 1.54) is 34.9 Å². The van der Waals surface area contributed by atoms with Crippen molar-refractivity contribution in [1.82, 2.24) is 14.3 Å². The second kappa shape index (κ2) is 7.96. The van der Waals surface area contributed by atoms with Crippen LogP contribution in [-0.4, -0.2) is 35.8 Å². The van der Waals surface area contributed by atoms with E-state index in [0.29, 0.717) is 29.9 Å². The summed E-state index contributed by atoms with van der Waals surface area (Å²) in [4.78, 5) is 8.80. The highest BCUT2D eigenvalue weighted by Crippen LogP contribution is 2.34. The van der Waals surface area contributed by atoms with E-state index in [0.717, 1.165) is 18.6 Å². The SMILES string of the molecule is O=S(=O)(c1ccc(F)cc1)N1CCC[C@H](c2nccnc2-c2ccccc2F)C1. The predicted octanol–water partition coefficient (Wildman–Crippen LogP) is 3.99. The molecule has 0 unspecified atom stereocenters. The molecular formula is C21H19F2N3O2S. The van der Waals surface area contributed by atoms with Gasteiger partial charge in [-0.3, -0.25) is 9.97 Å². The van der Waals surface area contributed by atoms with Crippen molar-refractivity contribution >= 4 is 10.0 Å². The van der Waals surface area contributed by atoms with Crippen molar-refractivity contribution in [3.05, 3.63) is 78.3 Å². The Bertz CT molecular complexity index is 1120. The van der Waals surface area contributed by atoms with E-state index in [4.69, 9.17) is 0 Å². The molecule has 0 aliphatic carbocycles. The average Bonchev–Trinajstić information content (AvgIpc) is 2.74. The fourth-order valence-electron chi connectivity index (χ4n) is 3.65. The molecule has 3 aromatic rings. The molecule has 1 aromatic heterocycles. The van der Waals surface area contributed by atoms with Gasteiger partial charge in [0.1, 0.15) is 11.6 Å². The summed E-state index contributed by atoms with van der Waals surface area (Å²) >= 11 is 0. The number of benzene rings is 2. The van der Waals surface area contributed by atoms with Crippen LogP contribution in [0.3, 0.4) is 0 Å². The zero-order valence-corrected chi connectivity index (χ0v) is 16.3. The van der Waals surface area contributed by atoms with Gasteiger partial charge >= 0.3 is 0 Å². The molecule has 5 nitrogen and oxygen atoms in total. The van der Waals surface area contributed by atoms with Crippen molar-refractivity contribution in [2.75, 3.05) is 13.1 Å². The molecule has 0 N–H and O–H groups in total. The molecule has 0 bridgehead atoms. The molecule has 150 valence electrons. The lowest BCUT2D eigenvalue weighted by Crippen LogP contribution is -2.39. The summed E-state index contributed by atoms with van der Waals surface area (Å²) in [5.41, 5.74) is 1.35. The summed E-state index contributed by atoms with van der Waals surface area (Å²) in [7, 11) is -3.76.